The molecule has 0 heterocycles. The lowest BCUT2D eigenvalue weighted by Gasteiger charge is -2.25. The lowest BCUT2D eigenvalue weighted by molar-refractivity contribution is -0.143. The van der Waals surface area contributed by atoms with Crippen molar-refractivity contribution in [1.29, 1.82) is 0 Å². The zero-order chi connectivity index (χ0) is 14.5. The molecular weight excluding hydrogens is 246 g/mol. The summed E-state index contributed by atoms with van der Waals surface area (Å²) in [6.45, 7) is 4.42. The molecule has 0 spiro atoms. The third-order valence-electron chi connectivity index (χ3n) is 3.48. The van der Waals surface area contributed by atoms with Crippen LogP contribution >= 0.6 is 0 Å². The Morgan fingerprint density at radius 2 is 1.84 bits per heavy atom. The third-order valence-corrected chi connectivity index (χ3v) is 3.48. The Bertz CT molecular complexity index is 327. The zero-order valence-corrected chi connectivity index (χ0v) is 12.1. The van der Waals surface area contributed by atoms with Crippen LogP contribution in [0.15, 0.2) is 0 Å². The topological polar surface area (TPSA) is 72.9 Å². The molecule has 110 valence electrons. The molecule has 0 radical (unpaired) electrons. The second kappa shape index (κ2) is 6.75. The fourth-order valence-electron chi connectivity index (χ4n) is 1.88. The van der Waals surface area contributed by atoms with E-state index in [0.29, 0.717) is 25.9 Å². The van der Waals surface area contributed by atoms with Crippen LogP contribution in [-0.4, -0.2) is 67.2 Å². The lowest BCUT2D eigenvalue weighted by Crippen LogP contribution is -2.46. The highest BCUT2D eigenvalue weighted by molar-refractivity contribution is 5.80. The highest BCUT2D eigenvalue weighted by atomic mass is 16.4. The van der Waals surface area contributed by atoms with Crippen molar-refractivity contribution in [2.45, 2.75) is 26.2 Å². The quantitative estimate of drug-likeness (QED) is 0.686. The van der Waals surface area contributed by atoms with Gasteiger partial charge in [0.15, 0.2) is 0 Å². The normalized spacial score (nSPS) is 16.2. The number of carbonyl (C=O) groups is 2. The van der Waals surface area contributed by atoms with Crippen molar-refractivity contribution in [2.75, 3.05) is 40.3 Å². The van der Waals surface area contributed by atoms with Gasteiger partial charge < -0.3 is 20.2 Å². The molecule has 2 amide bonds. The van der Waals surface area contributed by atoms with Crippen molar-refractivity contribution >= 4 is 12.0 Å². The number of likely N-dealkylation sites (N-methyl/N-ethyl adjacent to an activating group) is 1. The number of urea groups is 1. The number of carbonyl (C=O) groups excluding carboxylic acids is 1. The van der Waals surface area contributed by atoms with Crippen LogP contribution in [0.3, 0.4) is 0 Å². The van der Waals surface area contributed by atoms with Gasteiger partial charge in [0.1, 0.15) is 0 Å². The number of hydrogen-bond acceptors (Lipinski definition) is 3. The third kappa shape index (κ3) is 4.70. The van der Waals surface area contributed by atoms with E-state index in [-0.39, 0.29) is 12.6 Å². The second-order valence-electron chi connectivity index (χ2n) is 5.53. The van der Waals surface area contributed by atoms with Gasteiger partial charge in [0, 0.05) is 26.2 Å². The molecule has 0 bridgehead atoms. The van der Waals surface area contributed by atoms with E-state index >= 15 is 0 Å². The van der Waals surface area contributed by atoms with Crippen LogP contribution in [-0.2, 0) is 4.79 Å². The Morgan fingerprint density at radius 3 is 2.26 bits per heavy atom. The fourth-order valence-corrected chi connectivity index (χ4v) is 1.88. The van der Waals surface area contributed by atoms with Crippen LogP contribution in [0.4, 0.5) is 4.79 Å². The van der Waals surface area contributed by atoms with Gasteiger partial charge in [-0.1, -0.05) is 6.92 Å². The number of hydrogen-bond donors (Lipinski definition) is 2. The van der Waals surface area contributed by atoms with Crippen LogP contribution in [0, 0.1) is 5.41 Å². The summed E-state index contributed by atoms with van der Waals surface area (Å²) >= 11 is 0. The summed E-state index contributed by atoms with van der Waals surface area (Å²) in [4.78, 5) is 26.9. The van der Waals surface area contributed by atoms with Gasteiger partial charge in [-0.2, -0.15) is 0 Å². The van der Waals surface area contributed by atoms with Crippen LogP contribution in [0.1, 0.15) is 26.2 Å². The largest absolute Gasteiger partial charge is 0.481 e. The molecule has 1 saturated carbocycles. The molecule has 0 atom stereocenters. The van der Waals surface area contributed by atoms with Gasteiger partial charge in [-0.3, -0.25) is 4.79 Å². The van der Waals surface area contributed by atoms with Gasteiger partial charge in [0.05, 0.1) is 5.41 Å². The van der Waals surface area contributed by atoms with Gasteiger partial charge >= 0.3 is 12.0 Å². The summed E-state index contributed by atoms with van der Waals surface area (Å²) in [5.74, 6) is -0.803. The predicted octanol–water partition coefficient (Wildman–Crippen LogP) is 0.834. The molecule has 6 heteroatoms. The molecule has 0 unspecified atom stereocenters. The average Bonchev–Trinajstić information content (AvgIpc) is 3.12. The van der Waals surface area contributed by atoms with Crippen LogP contribution in [0.2, 0.25) is 0 Å². The molecule has 0 aromatic heterocycles. The molecule has 2 N–H and O–H groups in total. The molecule has 0 aromatic rings. The highest BCUT2D eigenvalue weighted by Crippen LogP contribution is 2.45. The maximum absolute atomic E-state index is 12.0. The van der Waals surface area contributed by atoms with E-state index in [4.69, 9.17) is 5.11 Å². The Kier molecular flexibility index (Phi) is 5.60. The summed E-state index contributed by atoms with van der Waals surface area (Å²) in [6.07, 6.45) is 2.22. The fraction of sp³-hybridized carbons (Fsp3) is 0.846. The van der Waals surface area contributed by atoms with E-state index in [0.717, 1.165) is 13.0 Å². The minimum atomic E-state index is -0.803. The summed E-state index contributed by atoms with van der Waals surface area (Å²) in [6, 6.07) is -0.156. The Hall–Kier alpha value is -1.30. The number of aliphatic carboxylic acids is 1. The summed E-state index contributed by atoms with van der Waals surface area (Å²) in [7, 11) is 3.93. The van der Waals surface area contributed by atoms with E-state index < -0.39 is 11.4 Å². The van der Waals surface area contributed by atoms with Gasteiger partial charge in [-0.05, 0) is 33.4 Å². The van der Waals surface area contributed by atoms with E-state index in [1.54, 1.807) is 4.90 Å². The Morgan fingerprint density at radius 1 is 1.21 bits per heavy atom. The molecule has 0 aromatic carbocycles. The van der Waals surface area contributed by atoms with Crippen molar-refractivity contribution in [3.05, 3.63) is 0 Å². The molecule has 1 fully saturated rings. The molecule has 0 saturated heterocycles. The van der Waals surface area contributed by atoms with Crippen LogP contribution in [0.25, 0.3) is 0 Å². The number of nitrogens with one attached hydrogen (secondary N) is 1. The second-order valence-corrected chi connectivity index (χ2v) is 5.53. The smallest absolute Gasteiger partial charge is 0.317 e. The Labute approximate surface area is 114 Å². The first-order valence-electron chi connectivity index (χ1n) is 6.82. The summed E-state index contributed by atoms with van der Waals surface area (Å²) in [5.41, 5.74) is -0.699. The molecule has 19 heavy (non-hydrogen) atoms. The molecule has 1 aliphatic rings. The number of carboxylic acid groups (broad SMARTS) is 1. The maximum atomic E-state index is 12.0. The number of nitrogens with zero attached hydrogens (tertiary/aromatic N) is 2. The zero-order valence-electron chi connectivity index (χ0n) is 12.1. The van der Waals surface area contributed by atoms with Gasteiger partial charge in [0.25, 0.3) is 0 Å². The van der Waals surface area contributed by atoms with E-state index in [9.17, 15) is 9.59 Å². The van der Waals surface area contributed by atoms with Crippen molar-refractivity contribution in [1.82, 2.24) is 15.1 Å². The maximum Gasteiger partial charge on any atom is 0.317 e. The highest BCUT2D eigenvalue weighted by Gasteiger charge is 2.50. The van der Waals surface area contributed by atoms with Crippen molar-refractivity contribution in [3.8, 4) is 0 Å². The summed E-state index contributed by atoms with van der Waals surface area (Å²) < 4.78 is 0. The standard InChI is InChI=1S/C13H25N3O3/c1-4-7-16(9-8-15(2)3)12(19)14-10-13(5-6-13)11(17)18/h4-10H2,1-3H3,(H,14,19)(H,17,18). The van der Waals surface area contributed by atoms with Crippen molar-refractivity contribution < 1.29 is 14.7 Å². The predicted molar refractivity (Wildman–Crippen MR) is 73.1 cm³/mol. The molecule has 1 rings (SSSR count). The first kappa shape index (κ1) is 15.8. The van der Waals surface area contributed by atoms with E-state index in [1.165, 1.54) is 0 Å². The van der Waals surface area contributed by atoms with Crippen molar-refractivity contribution in [3.63, 3.8) is 0 Å². The number of rotatable bonds is 8. The van der Waals surface area contributed by atoms with Crippen LogP contribution in [0.5, 0.6) is 0 Å². The minimum Gasteiger partial charge on any atom is -0.481 e. The van der Waals surface area contributed by atoms with E-state index in [1.807, 2.05) is 25.9 Å². The lowest BCUT2D eigenvalue weighted by atomic mass is 10.1. The average molecular weight is 271 g/mol. The van der Waals surface area contributed by atoms with Crippen molar-refractivity contribution in [2.24, 2.45) is 5.41 Å². The first-order chi connectivity index (χ1) is 8.91. The monoisotopic (exact) mass is 271 g/mol. The SMILES string of the molecule is CCCN(CCN(C)C)C(=O)NCC1(C(=O)O)CC1. The van der Waals surface area contributed by atoms with E-state index in [2.05, 4.69) is 5.32 Å². The minimum absolute atomic E-state index is 0.156. The molecule has 6 nitrogen and oxygen atoms in total. The van der Waals surface area contributed by atoms with Gasteiger partial charge in [-0.15, -0.1) is 0 Å². The van der Waals surface area contributed by atoms with Gasteiger partial charge in [-0.25, -0.2) is 4.79 Å². The molecule has 1 aliphatic carbocycles. The van der Waals surface area contributed by atoms with Gasteiger partial charge in [0.2, 0.25) is 0 Å². The number of amides is 2. The Balaban J connectivity index is 2.41. The summed E-state index contributed by atoms with van der Waals surface area (Å²) in [5, 5.41) is 11.8. The van der Waals surface area contributed by atoms with Crippen LogP contribution < -0.4 is 5.32 Å². The first-order valence-corrected chi connectivity index (χ1v) is 6.82. The molecule has 0 aliphatic heterocycles. The molecular formula is C13H25N3O3. The number of carboxylic acids is 1.